The van der Waals surface area contributed by atoms with Gasteiger partial charge < -0.3 is 25.4 Å². The lowest BCUT2D eigenvalue weighted by molar-refractivity contribution is 0.125. The molecule has 0 radical (unpaired) electrons. The maximum atomic E-state index is 9.60. The van der Waals surface area contributed by atoms with E-state index >= 15 is 0 Å². The van der Waals surface area contributed by atoms with E-state index < -0.39 is 5.75 Å². The number of rotatable bonds is 8. The molecule has 0 heterocycles. The molecule has 1 aromatic carbocycles. The van der Waals surface area contributed by atoms with Crippen molar-refractivity contribution in [1.29, 1.82) is 0 Å². The molecule has 0 bridgehead atoms. The van der Waals surface area contributed by atoms with E-state index in [-0.39, 0.29) is 11.5 Å². The van der Waals surface area contributed by atoms with Crippen molar-refractivity contribution >= 4 is 0 Å². The van der Waals surface area contributed by atoms with Crippen molar-refractivity contribution in [2.75, 3.05) is 19.8 Å². The summed E-state index contributed by atoms with van der Waals surface area (Å²) in [5, 5.41) is 31.2. The van der Waals surface area contributed by atoms with Crippen LogP contribution in [0.1, 0.15) is 25.8 Å². The molecular formula is C14H23NO4. The lowest BCUT2D eigenvalue weighted by Gasteiger charge is -2.10. The first-order valence-electron chi connectivity index (χ1n) is 6.53. The first-order chi connectivity index (χ1) is 9.02. The molecule has 0 fully saturated rings. The Labute approximate surface area is 113 Å². The first-order valence-corrected chi connectivity index (χ1v) is 6.53. The molecule has 0 saturated carbocycles. The lowest BCUT2D eigenvalue weighted by atomic mass is 10.1. The first kappa shape index (κ1) is 15.6. The van der Waals surface area contributed by atoms with Crippen LogP contribution in [0.3, 0.4) is 0 Å². The van der Waals surface area contributed by atoms with E-state index in [9.17, 15) is 15.3 Å². The van der Waals surface area contributed by atoms with E-state index in [1.54, 1.807) is 6.07 Å². The molecule has 0 aromatic heterocycles. The Morgan fingerprint density at radius 1 is 1.11 bits per heavy atom. The van der Waals surface area contributed by atoms with E-state index in [4.69, 9.17) is 4.74 Å². The maximum Gasteiger partial charge on any atom is 0.200 e. The van der Waals surface area contributed by atoms with E-state index in [0.29, 0.717) is 31.2 Å². The topological polar surface area (TPSA) is 82.0 Å². The SMILES string of the molecule is CC(C)CCOCCNCc1ccc(O)c(O)c1O. The summed E-state index contributed by atoms with van der Waals surface area (Å²) in [4.78, 5) is 0. The van der Waals surface area contributed by atoms with Gasteiger partial charge in [0.1, 0.15) is 0 Å². The van der Waals surface area contributed by atoms with Crippen LogP contribution in [0.25, 0.3) is 0 Å². The lowest BCUT2D eigenvalue weighted by Crippen LogP contribution is -2.19. The Bertz CT molecular complexity index is 393. The summed E-state index contributed by atoms with van der Waals surface area (Å²) in [7, 11) is 0. The largest absolute Gasteiger partial charge is 0.504 e. The summed E-state index contributed by atoms with van der Waals surface area (Å²) in [6.07, 6.45) is 1.05. The van der Waals surface area contributed by atoms with Crippen molar-refractivity contribution in [2.45, 2.75) is 26.8 Å². The molecule has 0 spiro atoms. The minimum absolute atomic E-state index is 0.284. The number of hydrogen-bond acceptors (Lipinski definition) is 5. The zero-order chi connectivity index (χ0) is 14.3. The van der Waals surface area contributed by atoms with Gasteiger partial charge in [0, 0.05) is 25.3 Å². The van der Waals surface area contributed by atoms with Gasteiger partial charge in [-0.15, -0.1) is 0 Å². The van der Waals surface area contributed by atoms with Gasteiger partial charge >= 0.3 is 0 Å². The average molecular weight is 269 g/mol. The van der Waals surface area contributed by atoms with Gasteiger partial charge in [-0.25, -0.2) is 0 Å². The third-order valence-electron chi connectivity index (χ3n) is 2.79. The highest BCUT2D eigenvalue weighted by atomic mass is 16.5. The molecule has 0 unspecified atom stereocenters. The second-order valence-corrected chi connectivity index (χ2v) is 4.91. The summed E-state index contributed by atoms with van der Waals surface area (Å²) in [6, 6.07) is 2.92. The van der Waals surface area contributed by atoms with Gasteiger partial charge in [0.2, 0.25) is 5.75 Å². The Hall–Kier alpha value is -1.46. The summed E-state index contributed by atoms with van der Waals surface area (Å²) in [5.74, 6) is -0.441. The van der Waals surface area contributed by atoms with Crippen LogP contribution < -0.4 is 5.32 Å². The smallest absolute Gasteiger partial charge is 0.200 e. The zero-order valence-electron chi connectivity index (χ0n) is 11.5. The fourth-order valence-electron chi connectivity index (χ4n) is 1.54. The standard InChI is InChI=1S/C14H23NO4/c1-10(2)5-7-19-8-6-15-9-11-3-4-12(16)14(18)13(11)17/h3-4,10,15-18H,5-9H2,1-2H3. The van der Waals surface area contributed by atoms with Crippen molar-refractivity contribution in [1.82, 2.24) is 5.32 Å². The van der Waals surface area contributed by atoms with Crippen molar-refractivity contribution in [3.05, 3.63) is 17.7 Å². The summed E-state index contributed by atoms with van der Waals surface area (Å²) in [6.45, 7) is 6.75. The normalized spacial score (nSPS) is 11.1. The van der Waals surface area contributed by atoms with E-state index in [1.807, 2.05) is 0 Å². The minimum Gasteiger partial charge on any atom is -0.504 e. The van der Waals surface area contributed by atoms with Crippen LogP contribution in [-0.4, -0.2) is 35.1 Å². The molecule has 5 heteroatoms. The molecule has 0 aliphatic rings. The summed E-state index contributed by atoms with van der Waals surface area (Å²) in [5.41, 5.74) is 0.539. The predicted molar refractivity (Wildman–Crippen MR) is 73.4 cm³/mol. The van der Waals surface area contributed by atoms with Gasteiger partial charge in [-0.1, -0.05) is 19.9 Å². The molecule has 0 atom stereocenters. The van der Waals surface area contributed by atoms with Gasteiger partial charge in [0.25, 0.3) is 0 Å². The van der Waals surface area contributed by atoms with Crippen molar-refractivity contribution < 1.29 is 20.1 Å². The summed E-state index contributed by atoms with van der Waals surface area (Å²) >= 11 is 0. The number of benzene rings is 1. The Kier molecular flexibility index (Phi) is 6.45. The molecule has 108 valence electrons. The highest BCUT2D eigenvalue weighted by Gasteiger charge is 2.10. The third kappa shape index (κ3) is 5.36. The molecule has 1 aromatic rings. The Morgan fingerprint density at radius 3 is 2.53 bits per heavy atom. The molecule has 4 N–H and O–H groups in total. The van der Waals surface area contributed by atoms with Crippen LogP contribution in [0.5, 0.6) is 17.2 Å². The molecule has 0 aliphatic heterocycles. The predicted octanol–water partition coefficient (Wildman–Crippen LogP) is 1.96. The van der Waals surface area contributed by atoms with Gasteiger partial charge in [-0.3, -0.25) is 0 Å². The Morgan fingerprint density at radius 2 is 1.84 bits per heavy atom. The van der Waals surface area contributed by atoms with E-state index in [0.717, 1.165) is 13.0 Å². The Balaban J connectivity index is 2.21. The fraction of sp³-hybridized carbons (Fsp3) is 0.571. The van der Waals surface area contributed by atoms with Crippen LogP contribution in [0.2, 0.25) is 0 Å². The number of phenols is 3. The highest BCUT2D eigenvalue weighted by Crippen LogP contribution is 2.36. The van der Waals surface area contributed by atoms with Crippen molar-refractivity contribution in [3.8, 4) is 17.2 Å². The molecular weight excluding hydrogens is 246 g/mol. The van der Waals surface area contributed by atoms with Crippen LogP contribution in [0.15, 0.2) is 12.1 Å². The number of ether oxygens (including phenoxy) is 1. The zero-order valence-corrected chi connectivity index (χ0v) is 11.5. The second kappa shape index (κ2) is 7.86. The van der Waals surface area contributed by atoms with Gasteiger partial charge in [-0.05, 0) is 18.4 Å². The van der Waals surface area contributed by atoms with Crippen molar-refractivity contribution in [2.24, 2.45) is 5.92 Å². The molecule has 1 rings (SSSR count). The van der Waals surface area contributed by atoms with E-state index in [1.165, 1.54) is 6.07 Å². The van der Waals surface area contributed by atoms with Gasteiger partial charge in [0.15, 0.2) is 11.5 Å². The highest BCUT2D eigenvalue weighted by molar-refractivity contribution is 5.52. The number of aromatic hydroxyl groups is 3. The molecule has 5 nitrogen and oxygen atoms in total. The third-order valence-corrected chi connectivity index (χ3v) is 2.79. The summed E-state index contributed by atoms with van der Waals surface area (Å²) < 4.78 is 5.44. The second-order valence-electron chi connectivity index (χ2n) is 4.91. The molecule has 0 amide bonds. The molecule has 19 heavy (non-hydrogen) atoms. The van der Waals surface area contributed by atoms with Crippen LogP contribution >= 0.6 is 0 Å². The van der Waals surface area contributed by atoms with Crippen LogP contribution in [-0.2, 0) is 11.3 Å². The number of nitrogens with one attached hydrogen (secondary N) is 1. The number of hydrogen-bond donors (Lipinski definition) is 4. The maximum absolute atomic E-state index is 9.60. The van der Waals surface area contributed by atoms with Gasteiger partial charge in [-0.2, -0.15) is 0 Å². The minimum atomic E-state index is -0.479. The molecule has 0 saturated heterocycles. The molecule has 0 aliphatic carbocycles. The van der Waals surface area contributed by atoms with Crippen molar-refractivity contribution in [3.63, 3.8) is 0 Å². The average Bonchev–Trinajstić information content (AvgIpc) is 2.37. The number of phenolic OH excluding ortho intramolecular Hbond substituents is 3. The van der Waals surface area contributed by atoms with Crippen LogP contribution in [0, 0.1) is 5.92 Å². The quantitative estimate of drug-likeness (QED) is 0.428. The fourth-order valence-corrected chi connectivity index (χ4v) is 1.54. The van der Waals surface area contributed by atoms with Crippen LogP contribution in [0.4, 0.5) is 0 Å². The van der Waals surface area contributed by atoms with Gasteiger partial charge in [0.05, 0.1) is 6.61 Å². The van der Waals surface area contributed by atoms with E-state index in [2.05, 4.69) is 19.2 Å². The monoisotopic (exact) mass is 269 g/mol.